The van der Waals surface area contributed by atoms with Gasteiger partial charge in [-0.25, -0.2) is 4.79 Å². The van der Waals surface area contributed by atoms with Gasteiger partial charge in [0.05, 0.1) is 0 Å². The zero-order valence-electron chi connectivity index (χ0n) is 13.1. The molecule has 3 aromatic carbocycles. The Labute approximate surface area is 141 Å². The zero-order chi connectivity index (χ0) is 16.8. The number of benzene rings is 3. The highest BCUT2D eigenvalue weighted by atomic mass is 16.6. The first-order valence-electron chi connectivity index (χ1n) is 7.79. The van der Waals surface area contributed by atoms with Crippen LogP contribution in [0.2, 0.25) is 0 Å². The fourth-order valence-corrected chi connectivity index (χ4v) is 2.54. The van der Waals surface area contributed by atoms with Crippen molar-refractivity contribution >= 4 is 5.97 Å². The van der Waals surface area contributed by atoms with Crippen molar-refractivity contribution < 1.29 is 14.6 Å². The second-order valence-electron chi connectivity index (χ2n) is 5.45. The number of carbonyl (C=O) groups is 1. The van der Waals surface area contributed by atoms with E-state index in [0.717, 1.165) is 11.1 Å². The molecule has 1 N–H and O–H groups in total. The molecule has 0 spiro atoms. The largest absolute Gasteiger partial charge is 0.450 e. The fraction of sp³-hybridized carbons (Fsp3) is 0.0952. The third-order valence-corrected chi connectivity index (χ3v) is 3.78. The van der Waals surface area contributed by atoms with E-state index in [1.54, 1.807) is 24.3 Å². The van der Waals surface area contributed by atoms with Crippen LogP contribution >= 0.6 is 0 Å². The van der Waals surface area contributed by atoms with E-state index in [2.05, 4.69) is 0 Å². The fourth-order valence-electron chi connectivity index (χ4n) is 2.54. The van der Waals surface area contributed by atoms with Crippen LogP contribution in [0.15, 0.2) is 91.0 Å². The van der Waals surface area contributed by atoms with Crippen LogP contribution in [0.25, 0.3) is 0 Å². The second-order valence-corrected chi connectivity index (χ2v) is 5.45. The molecule has 0 saturated carbocycles. The number of aliphatic hydroxyl groups is 1. The van der Waals surface area contributed by atoms with Crippen LogP contribution in [-0.2, 0) is 9.53 Å². The topological polar surface area (TPSA) is 46.5 Å². The van der Waals surface area contributed by atoms with Crippen LogP contribution in [0.3, 0.4) is 0 Å². The summed E-state index contributed by atoms with van der Waals surface area (Å²) in [7, 11) is 0. The number of ether oxygens (including phenoxy) is 1. The molecule has 3 nitrogen and oxygen atoms in total. The summed E-state index contributed by atoms with van der Waals surface area (Å²) < 4.78 is 5.65. The molecule has 0 bridgehead atoms. The van der Waals surface area contributed by atoms with E-state index in [1.165, 1.54) is 0 Å². The number of carbonyl (C=O) groups excluding carboxylic acids is 1. The van der Waals surface area contributed by atoms with Gasteiger partial charge >= 0.3 is 5.97 Å². The van der Waals surface area contributed by atoms with Crippen LogP contribution in [0.1, 0.15) is 28.9 Å². The van der Waals surface area contributed by atoms with E-state index in [-0.39, 0.29) is 0 Å². The second kappa shape index (κ2) is 7.57. The molecular weight excluding hydrogens is 300 g/mol. The Bertz CT molecular complexity index is 730. The Hall–Kier alpha value is -2.91. The summed E-state index contributed by atoms with van der Waals surface area (Å²) in [5.74, 6) is -0.668. The minimum Gasteiger partial charge on any atom is -0.450 e. The summed E-state index contributed by atoms with van der Waals surface area (Å²) in [6.07, 6.45) is -1.86. The lowest BCUT2D eigenvalue weighted by molar-refractivity contribution is -0.158. The van der Waals surface area contributed by atoms with E-state index < -0.39 is 18.2 Å². The van der Waals surface area contributed by atoms with Crippen LogP contribution < -0.4 is 0 Å². The van der Waals surface area contributed by atoms with Gasteiger partial charge in [0, 0.05) is 0 Å². The van der Waals surface area contributed by atoms with Crippen molar-refractivity contribution in [3.05, 3.63) is 108 Å². The summed E-state index contributed by atoms with van der Waals surface area (Å²) in [6.45, 7) is 0. The molecule has 0 saturated heterocycles. The quantitative estimate of drug-likeness (QED) is 0.722. The highest BCUT2D eigenvalue weighted by Crippen LogP contribution is 2.28. The standard InChI is InChI=1S/C21H18O3/c22-19(16-10-4-1-5-11-16)21(23)24-20(17-12-6-2-7-13-17)18-14-8-3-9-15-18/h1-15,19-20,22H/t19-/m1/s1. The lowest BCUT2D eigenvalue weighted by atomic mass is 10.0. The van der Waals surface area contributed by atoms with Crippen molar-refractivity contribution in [2.24, 2.45) is 0 Å². The molecule has 0 aliphatic heterocycles. The Morgan fingerprint density at radius 3 is 1.46 bits per heavy atom. The third-order valence-electron chi connectivity index (χ3n) is 3.78. The molecule has 1 atom stereocenters. The lowest BCUT2D eigenvalue weighted by Crippen LogP contribution is -2.19. The summed E-state index contributed by atoms with van der Waals surface area (Å²) >= 11 is 0. The number of aliphatic hydroxyl groups excluding tert-OH is 1. The minimum atomic E-state index is -1.30. The van der Waals surface area contributed by atoms with Crippen molar-refractivity contribution in [1.29, 1.82) is 0 Å². The molecule has 0 aromatic heterocycles. The predicted molar refractivity (Wildman–Crippen MR) is 92.2 cm³/mol. The smallest absolute Gasteiger partial charge is 0.340 e. The number of hydrogen-bond donors (Lipinski definition) is 1. The molecule has 3 heteroatoms. The SMILES string of the molecule is O=C(OC(c1ccccc1)c1ccccc1)[C@H](O)c1ccccc1. The monoisotopic (exact) mass is 318 g/mol. The molecule has 3 aromatic rings. The van der Waals surface area contributed by atoms with Gasteiger partial charge < -0.3 is 9.84 Å². The Morgan fingerprint density at radius 1 is 0.667 bits per heavy atom. The van der Waals surface area contributed by atoms with E-state index in [4.69, 9.17) is 4.74 Å². The summed E-state index contributed by atoms with van der Waals surface area (Å²) in [5, 5.41) is 10.3. The van der Waals surface area contributed by atoms with Gasteiger partial charge in [0.25, 0.3) is 0 Å². The van der Waals surface area contributed by atoms with E-state index in [1.807, 2.05) is 66.7 Å². The van der Waals surface area contributed by atoms with Crippen molar-refractivity contribution in [2.45, 2.75) is 12.2 Å². The molecule has 120 valence electrons. The van der Waals surface area contributed by atoms with Crippen LogP contribution in [0.4, 0.5) is 0 Å². The normalized spacial score (nSPS) is 11.9. The molecular formula is C21H18O3. The van der Waals surface area contributed by atoms with Crippen LogP contribution in [0, 0.1) is 0 Å². The van der Waals surface area contributed by atoms with Crippen LogP contribution in [-0.4, -0.2) is 11.1 Å². The molecule has 0 fully saturated rings. The van der Waals surface area contributed by atoms with E-state index in [9.17, 15) is 9.90 Å². The first-order valence-corrected chi connectivity index (χ1v) is 7.79. The lowest BCUT2D eigenvalue weighted by Gasteiger charge is -2.21. The van der Waals surface area contributed by atoms with Gasteiger partial charge in [-0.15, -0.1) is 0 Å². The number of rotatable bonds is 5. The molecule has 0 amide bonds. The molecule has 0 aliphatic carbocycles. The average Bonchev–Trinajstić information content (AvgIpc) is 2.67. The first-order chi connectivity index (χ1) is 11.8. The van der Waals surface area contributed by atoms with Gasteiger partial charge in [-0.2, -0.15) is 0 Å². The highest BCUT2D eigenvalue weighted by Gasteiger charge is 2.24. The minimum absolute atomic E-state index is 0.516. The maximum absolute atomic E-state index is 12.4. The summed E-state index contributed by atoms with van der Waals surface area (Å²) in [6, 6.07) is 27.8. The summed E-state index contributed by atoms with van der Waals surface area (Å²) in [4.78, 5) is 12.4. The van der Waals surface area contributed by atoms with E-state index >= 15 is 0 Å². The molecule has 0 radical (unpaired) electrons. The molecule has 0 unspecified atom stereocenters. The maximum atomic E-state index is 12.4. The van der Waals surface area contributed by atoms with Gasteiger partial charge in [-0.3, -0.25) is 0 Å². The molecule has 0 heterocycles. The van der Waals surface area contributed by atoms with Crippen molar-refractivity contribution in [1.82, 2.24) is 0 Å². The Balaban J connectivity index is 1.86. The Morgan fingerprint density at radius 2 is 1.04 bits per heavy atom. The number of hydrogen-bond acceptors (Lipinski definition) is 3. The third kappa shape index (κ3) is 3.70. The van der Waals surface area contributed by atoms with Crippen molar-refractivity contribution in [2.75, 3.05) is 0 Å². The van der Waals surface area contributed by atoms with Gasteiger partial charge in [0.15, 0.2) is 12.2 Å². The molecule has 24 heavy (non-hydrogen) atoms. The van der Waals surface area contributed by atoms with Crippen molar-refractivity contribution in [3.8, 4) is 0 Å². The van der Waals surface area contributed by atoms with Crippen molar-refractivity contribution in [3.63, 3.8) is 0 Å². The van der Waals surface area contributed by atoms with E-state index in [0.29, 0.717) is 5.56 Å². The van der Waals surface area contributed by atoms with Gasteiger partial charge in [0.2, 0.25) is 0 Å². The summed E-state index contributed by atoms with van der Waals surface area (Å²) in [5.41, 5.74) is 2.23. The molecule has 3 rings (SSSR count). The highest BCUT2D eigenvalue weighted by molar-refractivity contribution is 5.76. The Kier molecular flexibility index (Phi) is 5.04. The van der Waals surface area contributed by atoms with Crippen LogP contribution in [0.5, 0.6) is 0 Å². The van der Waals surface area contributed by atoms with Gasteiger partial charge in [-0.1, -0.05) is 91.0 Å². The zero-order valence-corrected chi connectivity index (χ0v) is 13.1. The van der Waals surface area contributed by atoms with Gasteiger partial charge in [-0.05, 0) is 16.7 Å². The van der Waals surface area contributed by atoms with Gasteiger partial charge in [0.1, 0.15) is 0 Å². The number of esters is 1. The molecule has 0 aliphatic rings. The maximum Gasteiger partial charge on any atom is 0.340 e. The predicted octanol–water partition coefficient (Wildman–Crippen LogP) is 4.05. The average molecular weight is 318 g/mol. The first kappa shape index (κ1) is 16.0.